The summed E-state index contributed by atoms with van der Waals surface area (Å²) in [7, 11) is 0. The molecule has 0 atom stereocenters. The average molecular weight is 739 g/mol. The summed E-state index contributed by atoms with van der Waals surface area (Å²) in [6.07, 6.45) is 0. The zero-order valence-corrected chi connectivity index (χ0v) is 31.8. The van der Waals surface area contributed by atoms with E-state index in [1.807, 2.05) is 0 Å². The van der Waals surface area contributed by atoms with Gasteiger partial charge in [0.1, 0.15) is 0 Å². The third kappa shape index (κ3) is 5.74. The number of benzene rings is 10. The Kier molecular flexibility index (Phi) is 8.19. The van der Waals surface area contributed by atoms with E-state index in [0.717, 1.165) is 22.7 Å². The monoisotopic (exact) mass is 738 g/mol. The number of nitrogens with zero attached hydrogens (tertiary/aromatic N) is 2. The van der Waals surface area contributed by atoms with E-state index in [2.05, 4.69) is 240 Å². The minimum atomic E-state index is 1.10. The molecule has 58 heavy (non-hydrogen) atoms. The molecule has 0 radical (unpaired) electrons. The van der Waals surface area contributed by atoms with Crippen LogP contribution < -0.4 is 4.90 Å². The summed E-state index contributed by atoms with van der Waals surface area (Å²) in [5.74, 6) is 0. The van der Waals surface area contributed by atoms with Crippen molar-refractivity contribution in [2.75, 3.05) is 4.90 Å². The van der Waals surface area contributed by atoms with Gasteiger partial charge in [-0.25, -0.2) is 0 Å². The van der Waals surface area contributed by atoms with Gasteiger partial charge in [0.05, 0.1) is 11.0 Å². The van der Waals surface area contributed by atoms with Crippen molar-refractivity contribution in [3.05, 3.63) is 231 Å². The van der Waals surface area contributed by atoms with Gasteiger partial charge in [-0.05, 0) is 116 Å². The van der Waals surface area contributed by atoms with Gasteiger partial charge in [0.25, 0.3) is 0 Å². The molecule has 11 rings (SSSR count). The minimum absolute atomic E-state index is 1.10. The van der Waals surface area contributed by atoms with Crippen molar-refractivity contribution >= 4 is 60.4 Å². The normalized spacial score (nSPS) is 11.4. The topological polar surface area (TPSA) is 8.17 Å². The Balaban J connectivity index is 1.10. The molecule has 0 aliphatic rings. The maximum absolute atomic E-state index is 2.42. The minimum Gasteiger partial charge on any atom is -0.310 e. The van der Waals surface area contributed by atoms with E-state index in [1.54, 1.807) is 0 Å². The molecule has 0 bridgehead atoms. The molecule has 0 amide bonds. The number of anilines is 3. The van der Waals surface area contributed by atoms with Gasteiger partial charge in [-0.3, -0.25) is 0 Å². The largest absolute Gasteiger partial charge is 0.310 e. The molecule has 0 aliphatic carbocycles. The highest BCUT2D eigenvalue weighted by molar-refractivity contribution is 6.25. The lowest BCUT2D eigenvalue weighted by molar-refractivity contribution is 1.18. The number of fused-ring (bicyclic) bond motifs is 6. The van der Waals surface area contributed by atoms with E-state index in [1.165, 1.54) is 76.7 Å². The Morgan fingerprint density at radius 1 is 0.293 bits per heavy atom. The predicted molar refractivity (Wildman–Crippen MR) is 247 cm³/mol. The lowest BCUT2D eigenvalue weighted by atomic mass is 9.94. The van der Waals surface area contributed by atoms with E-state index in [9.17, 15) is 0 Å². The summed E-state index contributed by atoms with van der Waals surface area (Å²) >= 11 is 0. The number of hydrogen-bond donors (Lipinski definition) is 0. The zero-order chi connectivity index (χ0) is 38.4. The highest BCUT2D eigenvalue weighted by Gasteiger charge is 2.20. The second-order valence-corrected chi connectivity index (χ2v) is 14.9. The molecule has 0 saturated heterocycles. The lowest BCUT2D eigenvalue weighted by Gasteiger charge is -2.27. The Morgan fingerprint density at radius 3 is 1.64 bits per heavy atom. The molecule has 2 nitrogen and oxygen atoms in total. The standard InChI is InChI=1S/C56H38N2/c1-3-16-40(17-4-1)49-24-11-12-25-50(49)42-30-33-46(34-31-42)57(48-35-29-39-15-7-8-19-43(39)37-48)47-23-13-20-44(38-47)52-27-14-28-53-56(52)55-51-26-10-9-18-41(51)32-36-54(55)58(53)45-21-5-2-6-22-45/h1-38H. The van der Waals surface area contributed by atoms with Gasteiger partial charge in [-0.1, -0.05) is 170 Å². The van der Waals surface area contributed by atoms with E-state index < -0.39 is 0 Å². The summed E-state index contributed by atoms with van der Waals surface area (Å²) in [5, 5.41) is 7.46. The Morgan fingerprint density at radius 2 is 0.845 bits per heavy atom. The van der Waals surface area contributed by atoms with E-state index in [4.69, 9.17) is 0 Å². The van der Waals surface area contributed by atoms with Crippen molar-refractivity contribution < 1.29 is 0 Å². The van der Waals surface area contributed by atoms with Gasteiger partial charge in [0, 0.05) is 33.5 Å². The summed E-state index contributed by atoms with van der Waals surface area (Å²) < 4.78 is 2.42. The number of hydrogen-bond acceptors (Lipinski definition) is 1. The molecule has 11 aromatic rings. The molecule has 2 heteroatoms. The first-order valence-corrected chi connectivity index (χ1v) is 19.9. The fourth-order valence-electron chi connectivity index (χ4n) is 8.89. The molecule has 1 aromatic heterocycles. The SMILES string of the molecule is c1ccc(-c2ccccc2-c2ccc(N(c3cccc(-c4cccc5c4c4c6ccccc6ccc4n5-c4ccccc4)c3)c3ccc4ccccc4c3)cc2)cc1. The van der Waals surface area contributed by atoms with Crippen molar-refractivity contribution in [1.29, 1.82) is 0 Å². The molecular formula is C56H38N2. The molecule has 10 aromatic carbocycles. The molecule has 0 aliphatic heterocycles. The van der Waals surface area contributed by atoms with Gasteiger partial charge in [0.2, 0.25) is 0 Å². The molecule has 272 valence electrons. The van der Waals surface area contributed by atoms with Crippen LogP contribution in [0.3, 0.4) is 0 Å². The maximum Gasteiger partial charge on any atom is 0.0547 e. The Bertz CT molecular complexity index is 3270. The summed E-state index contributed by atoms with van der Waals surface area (Å²) in [6, 6.07) is 83.6. The number of para-hydroxylation sites is 1. The number of aromatic nitrogens is 1. The summed E-state index contributed by atoms with van der Waals surface area (Å²) in [4.78, 5) is 2.39. The summed E-state index contributed by atoms with van der Waals surface area (Å²) in [5.41, 5.74) is 14.1. The molecule has 0 spiro atoms. The van der Waals surface area contributed by atoms with Crippen LogP contribution in [0.1, 0.15) is 0 Å². The fraction of sp³-hybridized carbons (Fsp3) is 0. The van der Waals surface area contributed by atoms with E-state index >= 15 is 0 Å². The second kappa shape index (κ2) is 14.1. The highest BCUT2D eigenvalue weighted by Crippen LogP contribution is 2.44. The zero-order valence-electron chi connectivity index (χ0n) is 31.8. The Labute approximate surface area is 338 Å². The van der Waals surface area contributed by atoms with Crippen LogP contribution in [0.2, 0.25) is 0 Å². The van der Waals surface area contributed by atoms with Crippen molar-refractivity contribution in [3.63, 3.8) is 0 Å². The fourth-order valence-corrected chi connectivity index (χ4v) is 8.89. The van der Waals surface area contributed by atoms with Crippen LogP contribution >= 0.6 is 0 Å². The quantitative estimate of drug-likeness (QED) is 0.158. The molecule has 0 saturated carbocycles. The van der Waals surface area contributed by atoms with Crippen molar-refractivity contribution in [1.82, 2.24) is 4.57 Å². The first-order chi connectivity index (χ1) is 28.8. The van der Waals surface area contributed by atoms with Crippen molar-refractivity contribution in [2.24, 2.45) is 0 Å². The molecule has 0 fully saturated rings. The van der Waals surface area contributed by atoms with Gasteiger partial charge < -0.3 is 9.47 Å². The van der Waals surface area contributed by atoms with Gasteiger partial charge in [-0.15, -0.1) is 0 Å². The second-order valence-electron chi connectivity index (χ2n) is 14.9. The van der Waals surface area contributed by atoms with Crippen LogP contribution in [-0.4, -0.2) is 4.57 Å². The first kappa shape index (κ1) is 33.6. The van der Waals surface area contributed by atoms with Gasteiger partial charge in [-0.2, -0.15) is 0 Å². The van der Waals surface area contributed by atoms with Crippen molar-refractivity contribution in [3.8, 4) is 39.1 Å². The molecular weight excluding hydrogens is 701 g/mol. The maximum atomic E-state index is 2.42. The highest BCUT2D eigenvalue weighted by atomic mass is 15.1. The first-order valence-electron chi connectivity index (χ1n) is 19.9. The average Bonchev–Trinajstić information content (AvgIpc) is 3.65. The van der Waals surface area contributed by atoms with E-state index in [0.29, 0.717) is 0 Å². The lowest BCUT2D eigenvalue weighted by Crippen LogP contribution is -2.10. The molecule has 1 heterocycles. The Hall–Kier alpha value is -7.68. The third-order valence-electron chi connectivity index (χ3n) is 11.6. The van der Waals surface area contributed by atoms with Crippen LogP contribution in [0.4, 0.5) is 17.1 Å². The van der Waals surface area contributed by atoms with Crippen molar-refractivity contribution in [2.45, 2.75) is 0 Å². The van der Waals surface area contributed by atoms with Crippen LogP contribution in [0, 0.1) is 0 Å². The van der Waals surface area contributed by atoms with E-state index in [-0.39, 0.29) is 0 Å². The van der Waals surface area contributed by atoms with Crippen LogP contribution in [0.15, 0.2) is 231 Å². The number of rotatable bonds is 7. The molecule has 0 N–H and O–H groups in total. The summed E-state index contributed by atoms with van der Waals surface area (Å²) in [6.45, 7) is 0. The smallest absolute Gasteiger partial charge is 0.0547 e. The third-order valence-corrected chi connectivity index (χ3v) is 11.6. The van der Waals surface area contributed by atoms with Crippen LogP contribution in [-0.2, 0) is 0 Å². The van der Waals surface area contributed by atoms with Gasteiger partial charge >= 0.3 is 0 Å². The molecule has 0 unspecified atom stereocenters. The van der Waals surface area contributed by atoms with Crippen LogP contribution in [0.25, 0.3) is 82.4 Å². The van der Waals surface area contributed by atoms with Crippen LogP contribution in [0.5, 0.6) is 0 Å². The predicted octanol–water partition coefficient (Wildman–Crippen LogP) is 15.6. The van der Waals surface area contributed by atoms with Gasteiger partial charge in [0.15, 0.2) is 0 Å².